The molecule has 1 heterocycles. The first-order valence-corrected chi connectivity index (χ1v) is 5.07. The van der Waals surface area contributed by atoms with Gasteiger partial charge in [0.1, 0.15) is 5.76 Å². The first-order valence-electron chi connectivity index (χ1n) is 5.07. The van der Waals surface area contributed by atoms with Gasteiger partial charge in [0.2, 0.25) is 0 Å². The van der Waals surface area contributed by atoms with E-state index in [-0.39, 0.29) is 6.54 Å². The Morgan fingerprint density at radius 1 is 1.41 bits per heavy atom. The van der Waals surface area contributed by atoms with Crippen LogP contribution in [-0.4, -0.2) is 41.0 Å². The van der Waals surface area contributed by atoms with Gasteiger partial charge in [0, 0.05) is 18.7 Å². The molecular formula is C10H15F3N2O2. The van der Waals surface area contributed by atoms with E-state index < -0.39 is 18.8 Å². The number of hydrogen-bond acceptors (Lipinski definition) is 4. The number of aromatic nitrogens is 1. The van der Waals surface area contributed by atoms with Crippen molar-refractivity contribution in [2.75, 3.05) is 13.6 Å². The molecule has 0 spiro atoms. The van der Waals surface area contributed by atoms with Gasteiger partial charge >= 0.3 is 6.18 Å². The standard InChI is InChI=1S/C10H15F3N2O2/c1-6-8(7(2)17-14-6)4-15(3)5-9(16)10(11,12)13/h9,16H,4-5H2,1-3H3. The van der Waals surface area contributed by atoms with Crippen LogP contribution >= 0.6 is 0 Å². The SMILES string of the molecule is Cc1noc(C)c1CN(C)CC(O)C(F)(F)F. The highest BCUT2D eigenvalue weighted by atomic mass is 19.4. The van der Waals surface area contributed by atoms with E-state index in [1.54, 1.807) is 13.8 Å². The van der Waals surface area contributed by atoms with E-state index in [1.807, 2.05) is 0 Å². The molecule has 1 N–H and O–H groups in total. The monoisotopic (exact) mass is 252 g/mol. The molecule has 17 heavy (non-hydrogen) atoms. The third-order valence-electron chi connectivity index (χ3n) is 2.47. The minimum absolute atomic E-state index is 0.258. The molecule has 7 heteroatoms. The van der Waals surface area contributed by atoms with Crippen molar-refractivity contribution >= 4 is 0 Å². The van der Waals surface area contributed by atoms with E-state index in [2.05, 4.69) is 5.16 Å². The van der Waals surface area contributed by atoms with Gasteiger partial charge in [-0.25, -0.2) is 0 Å². The van der Waals surface area contributed by atoms with E-state index in [9.17, 15) is 13.2 Å². The molecule has 4 nitrogen and oxygen atoms in total. The molecule has 1 atom stereocenters. The lowest BCUT2D eigenvalue weighted by atomic mass is 10.2. The maximum Gasteiger partial charge on any atom is 0.415 e. The second kappa shape index (κ2) is 5.05. The Hall–Kier alpha value is -1.08. The van der Waals surface area contributed by atoms with Crippen LogP contribution in [0, 0.1) is 13.8 Å². The molecular weight excluding hydrogens is 237 g/mol. The Morgan fingerprint density at radius 3 is 2.41 bits per heavy atom. The molecule has 0 aliphatic heterocycles. The molecule has 1 unspecified atom stereocenters. The van der Waals surface area contributed by atoms with E-state index in [1.165, 1.54) is 11.9 Å². The predicted octanol–water partition coefficient (Wildman–Crippen LogP) is 1.65. The maximum atomic E-state index is 12.1. The molecule has 0 saturated heterocycles. The second-order valence-corrected chi connectivity index (χ2v) is 4.06. The molecule has 0 aromatic carbocycles. The molecule has 0 saturated carbocycles. The van der Waals surface area contributed by atoms with Crippen LogP contribution in [0.25, 0.3) is 0 Å². The minimum atomic E-state index is -4.59. The van der Waals surface area contributed by atoms with E-state index >= 15 is 0 Å². The third kappa shape index (κ3) is 3.71. The number of likely N-dealkylation sites (N-methyl/N-ethyl adjacent to an activating group) is 1. The molecule has 0 aliphatic carbocycles. The highest BCUT2D eigenvalue weighted by Gasteiger charge is 2.38. The van der Waals surface area contributed by atoms with Crippen LogP contribution in [-0.2, 0) is 6.54 Å². The van der Waals surface area contributed by atoms with Gasteiger partial charge in [0.15, 0.2) is 6.10 Å². The normalized spacial score (nSPS) is 14.4. The summed E-state index contributed by atoms with van der Waals surface area (Å²) >= 11 is 0. The summed E-state index contributed by atoms with van der Waals surface area (Å²) in [5.74, 6) is 0.579. The van der Waals surface area contributed by atoms with Crippen molar-refractivity contribution in [2.24, 2.45) is 0 Å². The van der Waals surface area contributed by atoms with Gasteiger partial charge < -0.3 is 9.63 Å². The number of halogens is 3. The van der Waals surface area contributed by atoms with Crippen molar-refractivity contribution in [1.29, 1.82) is 0 Å². The van der Waals surface area contributed by atoms with Gasteiger partial charge in [-0.1, -0.05) is 5.16 Å². The Morgan fingerprint density at radius 2 is 2.00 bits per heavy atom. The first-order chi connectivity index (χ1) is 7.71. The highest BCUT2D eigenvalue weighted by Crippen LogP contribution is 2.21. The van der Waals surface area contributed by atoms with Crippen molar-refractivity contribution in [3.8, 4) is 0 Å². The summed E-state index contributed by atoms with van der Waals surface area (Å²) in [6, 6.07) is 0. The van der Waals surface area contributed by atoms with Gasteiger partial charge in [-0.2, -0.15) is 13.2 Å². The molecule has 0 aliphatic rings. The first kappa shape index (κ1) is 14.0. The van der Waals surface area contributed by atoms with E-state index in [0.29, 0.717) is 11.5 Å². The number of aliphatic hydroxyl groups excluding tert-OH is 1. The van der Waals surface area contributed by atoms with Crippen molar-refractivity contribution in [3.05, 3.63) is 17.0 Å². The number of aryl methyl sites for hydroxylation is 2. The highest BCUT2D eigenvalue weighted by molar-refractivity contribution is 5.20. The van der Waals surface area contributed by atoms with Gasteiger partial charge in [-0.3, -0.25) is 4.90 Å². The number of rotatable bonds is 4. The number of hydrogen-bond donors (Lipinski definition) is 1. The van der Waals surface area contributed by atoms with Crippen molar-refractivity contribution < 1.29 is 22.8 Å². The molecule has 98 valence electrons. The number of alkyl halides is 3. The summed E-state index contributed by atoms with van der Waals surface area (Å²) in [5.41, 5.74) is 1.40. The molecule has 0 bridgehead atoms. The third-order valence-corrected chi connectivity index (χ3v) is 2.47. The fourth-order valence-corrected chi connectivity index (χ4v) is 1.46. The molecule has 0 fully saturated rings. The second-order valence-electron chi connectivity index (χ2n) is 4.06. The van der Waals surface area contributed by atoms with Crippen LogP contribution in [0.1, 0.15) is 17.0 Å². The summed E-state index contributed by atoms with van der Waals surface area (Å²) in [6.07, 6.45) is -6.93. The fourth-order valence-electron chi connectivity index (χ4n) is 1.46. The van der Waals surface area contributed by atoms with Crippen molar-refractivity contribution in [2.45, 2.75) is 32.7 Å². The zero-order valence-corrected chi connectivity index (χ0v) is 9.88. The lowest BCUT2D eigenvalue weighted by molar-refractivity contribution is -0.207. The van der Waals surface area contributed by atoms with Gasteiger partial charge in [0.05, 0.1) is 5.69 Å². The number of nitrogens with zero attached hydrogens (tertiary/aromatic N) is 2. The van der Waals surface area contributed by atoms with Gasteiger partial charge in [-0.05, 0) is 20.9 Å². The molecule has 1 rings (SSSR count). The molecule has 0 radical (unpaired) electrons. The summed E-state index contributed by atoms with van der Waals surface area (Å²) < 4.78 is 41.3. The van der Waals surface area contributed by atoms with Crippen molar-refractivity contribution in [3.63, 3.8) is 0 Å². The summed E-state index contributed by atoms with van der Waals surface area (Å²) in [6.45, 7) is 3.20. The lowest BCUT2D eigenvalue weighted by Gasteiger charge is -2.21. The lowest BCUT2D eigenvalue weighted by Crippen LogP contribution is -2.39. The minimum Gasteiger partial charge on any atom is -0.382 e. The topological polar surface area (TPSA) is 49.5 Å². The maximum absolute atomic E-state index is 12.1. The average Bonchev–Trinajstić information content (AvgIpc) is 2.48. The van der Waals surface area contributed by atoms with Gasteiger partial charge in [-0.15, -0.1) is 0 Å². The van der Waals surface area contributed by atoms with E-state index in [0.717, 1.165) is 5.56 Å². The average molecular weight is 252 g/mol. The van der Waals surface area contributed by atoms with Crippen LogP contribution in [0.5, 0.6) is 0 Å². The molecule has 1 aromatic heterocycles. The zero-order chi connectivity index (χ0) is 13.2. The zero-order valence-electron chi connectivity index (χ0n) is 9.88. The Balaban J connectivity index is 2.59. The summed E-state index contributed by atoms with van der Waals surface area (Å²) in [4.78, 5) is 1.38. The quantitative estimate of drug-likeness (QED) is 0.885. The summed E-state index contributed by atoms with van der Waals surface area (Å²) in [5, 5.41) is 12.6. The Labute approximate surface area is 97.0 Å². The largest absolute Gasteiger partial charge is 0.415 e. The van der Waals surface area contributed by atoms with Gasteiger partial charge in [0.25, 0.3) is 0 Å². The Bertz CT molecular complexity index is 357. The van der Waals surface area contributed by atoms with Crippen molar-refractivity contribution in [1.82, 2.24) is 10.1 Å². The van der Waals surface area contributed by atoms with Crippen LogP contribution < -0.4 is 0 Å². The Kier molecular flexibility index (Phi) is 4.16. The molecule has 1 aromatic rings. The molecule has 0 amide bonds. The van der Waals surface area contributed by atoms with E-state index in [4.69, 9.17) is 9.63 Å². The van der Waals surface area contributed by atoms with Crippen LogP contribution in [0.4, 0.5) is 13.2 Å². The predicted molar refractivity (Wildman–Crippen MR) is 54.4 cm³/mol. The van der Waals surface area contributed by atoms with Crippen LogP contribution in [0.2, 0.25) is 0 Å². The number of aliphatic hydroxyl groups is 1. The van der Waals surface area contributed by atoms with Crippen LogP contribution in [0.3, 0.4) is 0 Å². The summed E-state index contributed by atoms with van der Waals surface area (Å²) in [7, 11) is 1.50. The van der Waals surface area contributed by atoms with Crippen LogP contribution in [0.15, 0.2) is 4.52 Å². The fraction of sp³-hybridized carbons (Fsp3) is 0.700. The smallest absolute Gasteiger partial charge is 0.382 e.